The Morgan fingerprint density at radius 2 is 1.69 bits per heavy atom. The second kappa shape index (κ2) is 10.4. The molecule has 2 aliphatic heterocycles. The van der Waals surface area contributed by atoms with Gasteiger partial charge in [0.05, 0.1) is 47.3 Å². The topological polar surface area (TPSA) is 88.2 Å². The lowest BCUT2D eigenvalue weighted by Crippen LogP contribution is -2.48. The number of sulfonamides is 1. The van der Waals surface area contributed by atoms with E-state index in [2.05, 4.69) is 5.32 Å². The summed E-state index contributed by atoms with van der Waals surface area (Å²) in [7, 11) is -3.91. The smallest absolute Gasteiger partial charge is 0.378 e. The molecular weight excluding hydrogens is 499 g/mol. The van der Waals surface area contributed by atoms with E-state index >= 15 is 0 Å². The summed E-state index contributed by atoms with van der Waals surface area (Å²) in [4.78, 5) is 14.9. The zero-order valence-electron chi connectivity index (χ0n) is 19.9. The van der Waals surface area contributed by atoms with Crippen LogP contribution in [0.2, 0.25) is 0 Å². The number of ether oxygens (including phenoxy) is 2. The van der Waals surface area contributed by atoms with Crippen LogP contribution < -0.4 is 10.2 Å². The highest BCUT2D eigenvalue weighted by Crippen LogP contribution is 2.36. The maximum absolute atomic E-state index is 13.4. The Kier molecular flexibility index (Phi) is 7.60. The Balaban J connectivity index is 1.62. The molecule has 2 saturated heterocycles. The van der Waals surface area contributed by atoms with Gasteiger partial charge < -0.3 is 19.7 Å². The minimum Gasteiger partial charge on any atom is -0.378 e. The van der Waals surface area contributed by atoms with Crippen molar-refractivity contribution in [2.45, 2.75) is 37.1 Å². The van der Waals surface area contributed by atoms with Crippen LogP contribution in [0.5, 0.6) is 0 Å². The second-order valence-electron chi connectivity index (χ2n) is 8.89. The summed E-state index contributed by atoms with van der Waals surface area (Å²) in [5.41, 5.74) is -0.474. The van der Waals surface area contributed by atoms with E-state index in [1.165, 1.54) is 34.6 Å². The number of benzene rings is 2. The van der Waals surface area contributed by atoms with Crippen molar-refractivity contribution in [1.82, 2.24) is 4.31 Å². The standard InChI is InChI=1S/C24H28F3N3O5S/c1-16-14-30(15-17(2)35-16)36(32,33)20-5-3-4-18(12-20)23(31)28-21-13-19(24(25,26)27)6-7-22(21)29-8-10-34-11-9-29/h3-7,12-13,16-17H,8-11,14-15H2,1-2H3,(H,28,31)/t16-,17-/m0/s1. The number of carbonyl (C=O) groups excluding carboxylic acids is 1. The van der Waals surface area contributed by atoms with Crippen LogP contribution in [0.4, 0.5) is 24.5 Å². The van der Waals surface area contributed by atoms with Crippen LogP contribution in [0.25, 0.3) is 0 Å². The fourth-order valence-corrected chi connectivity index (χ4v) is 6.00. The fourth-order valence-electron chi connectivity index (χ4n) is 4.36. The number of morpholine rings is 2. The summed E-state index contributed by atoms with van der Waals surface area (Å²) in [5.74, 6) is -0.718. The number of carbonyl (C=O) groups is 1. The summed E-state index contributed by atoms with van der Waals surface area (Å²) in [5, 5.41) is 2.56. The van der Waals surface area contributed by atoms with Gasteiger partial charge in [-0.15, -0.1) is 0 Å². The van der Waals surface area contributed by atoms with Crippen LogP contribution in [0.3, 0.4) is 0 Å². The molecule has 2 aliphatic rings. The lowest BCUT2D eigenvalue weighted by molar-refractivity contribution is -0.137. The number of hydrogen-bond donors (Lipinski definition) is 1. The van der Waals surface area contributed by atoms with Gasteiger partial charge >= 0.3 is 6.18 Å². The SMILES string of the molecule is C[C@H]1CN(S(=O)(=O)c2cccc(C(=O)Nc3cc(C(F)(F)F)ccc3N3CCOCC3)c2)C[C@H](C)O1. The molecule has 2 fully saturated rings. The van der Waals surface area contributed by atoms with Gasteiger partial charge in [0.2, 0.25) is 10.0 Å². The van der Waals surface area contributed by atoms with E-state index < -0.39 is 27.7 Å². The summed E-state index contributed by atoms with van der Waals surface area (Å²) >= 11 is 0. The fraction of sp³-hybridized carbons (Fsp3) is 0.458. The third-order valence-electron chi connectivity index (χ3n) is 6.04. The lowest BCUT2D eigenvalue weighted by atomic mass is 10.1. The number of halogens is 3. The third kappa shape index (κ3) is 5.83. The first-order chi connectivity index (χ1) is 16.9. The molecule has 0 aromatic heterocycles. The number of alkyl halides is 3. The summed E-state index contributed by atoms with van der Waals surface area (Å²) in [6, 6.07) is 8.66. The minimum atomic E-state index is -4.59. The van der Waals surface area contributed by atoms with Gasteiger partial charge in [0, 0.05) is 31.7 Å². The highest BCUT2D eigenvalue weighted by molar-refractivity contribution is 7.89. The number of hydrogen-bond acceptors (Lipinski definition) is 6. The number of anilines is 2. The molecule has 0 unspecified atom stereocenters. The molecule has 4 rings (SSSR count). The maximum atomic E-state index is 13.4. The quantitative estimate of drug-likeness (QED) is 0.640. The monoisotopic (exact) mass is 527 g/mol. The molecule has 0 radical (unpaired) electrons. The van der Waals surface area contributed by atoms with Crippen molar-refractivity contribution in [2.24, 2.45) is 0 Å². The van der Waals surface area contributed by atoms with E-state index in [-0.39, 0.29) is 41.4 Å². The average Bonchev–Trinajstić information content (AvgIpc) is 2.83. The number of nitrogens with one attached hydrogen (secondary N) is 1. The molecule has 196 valence electrons. The largest absolute Gasteiger partial charge is 0.416 e. The van der Waals surface area contributed by atoms with Crippen LogP contribution in [0.1, 0.15) is 29.8 Å². The van der Waals surface area contributed by atoms with Gasteiger partial charge in [0.25, 0.3) is 5.91 Å². The number of nitrogens with zero attached hydrogens (tertiary/aromatic N) is 2. The van der Waals surface area contributed by atoms with Gasteiger partial charge in [-0.3, -0.25) is 4.79 Å². The van der Waals surface area contributed by atoms with Gasteiger partial charge in [-0.05, 0) is 50.2 Å². The van der Waals surface area contributed by atoms with E-state index in [4.69, 9.17) is 9.47 Å². The Bertz CT molecular complexity index is 1210. The van der Waals surface area contributed by atoms with E-state index in [0.717, 1.165) is 12.1 Å². The maximum Gasteiger partial charge on any atom is 0.416 e. The molecule has 12 heteroatoms. The highest BCUT2D eigenvalue weighted by atomic mass is 32.2. The van der Waals surface area contributed by atoms with Crippen LogP contribution in [0.15, 0.2) is 47.4 Å². The van der Waals surface area contributed by atoms with Gasteiger partial charge in [0.15, 0.2) is 0 Å². The summed E-state index contributed by atoms with van der Waals surface area (Å²) in [6.45, 7) is 5.65. The van der Waals surface area contributed by atoms with Gasteiger partial charge in [-0.1, -0.05) is 6.07 Å². The number of amides is 1. The molecule has 2 atom stereocenters. The van der Waals surface area contributed by atoms with Crippen molar-refractivity contribution < 1.29 is 35.9 Å². The summed E-state index contributed by atoms with van der Waals surface area (Å²) < 4.78 is 78.9. The van der Waals surface area contributed by atoms with Gasteiger partial charge in [-0.2, -0.15) is 17.5 Å². The van der Waals surface area contributed by atoms with Crippen molar-refractivity contribution in [3.05, 3.63) is 53.6 Å². The molecule has 2 aromatic rings. The highest BCUT2D eigenvalue weighted by Gasteiger charge is 2.33. The molecule has 36 heavy (non-hydrogen) atoms. The van der Waals surface area contributed by atoms with E-state index in [1.807, 2.05) is 4.90 Å². The van der Waals surface area contributed by atoms with Crippen molar-refractivity contribution in [3.8, 4) is 0 Å². The first-order valence-electron chi connectivity index (χ1n) is 11.6. The van der Waals surface area contributed by atoms with E-state index in [0.29, 0.717) is 32.0 Å². The lowest BCUT2D eigenvalue weighted by Gasteiger charge is -2.34. The van der Waals surface area contributed by atoms with E-state index in [9.17, 15) is 26.4 Å². The molecule has 8 nitrogen and oxygen atoms in total. The van der Waals surface area contributed by atoms with Gasteiger partial charge in [0.1, 0.15) is 0 Å². The van der Waals surface area contributed by atoms with Crippen molar-refractivity contribution >= 4 is 27.3 Å². The molecular formula is C24H28F3N3O5S. The Labute approximate surface area is 208 Å². The average molecular weight is 528 g/mol. The second-order valence-corrected chi connectivity index (χ2v) is 10.8. The molecule has 2 aromatic carbocycles. The summed E-state index contributed by atoms with van der Waals surface area (Å²) in [6.07, 6.45) is -5.16. The normalized spacial score (nSPS) is 21.9. The van der Waals surface area contributed by atoms with Crippen LogP contribution in [0, 0.1) is 0 Å². The first kappa shape index (κ1) is 26.4. The zero-order chi connectivity index (χ0) is 26.1. The Hall–Kier alpha value is -2.67. The minimum absolute atomic E-state index is 0.00997. The molecule has 0 aliphatic carbocycles. The predicted molar refractivity (Wildman–Crippen MR) is 128 cm³/mol. The number of rotatable bonds is 5. The van der Waals surface area contributed by atoms with Crippen molar-refractivity contribution in [1.29, 1.82) is 0 Å². The van der Waals surface area contributed by atoms with Crippen LogP contribution in [-0.4, -0.2) is 70.2 Å². The molecule has 0 saturated carbocycles. The van der Waals surface area contributed by atoms with E-state index in [1.54, 1.807) is 13.8 Å². The Morgan fingerprint density at radius 3 is 2.33 bits per heavy atom. The predicted octanol–water partition coefficient (Wildman–Crippen LogP) is 3.59. The molecule has 1 amide bonds. The molecule has 0 spiro atoms. The van der Waals surface area contributed by atoms with Crippen LogP contribution >= 0.6 is 0 Å². The Morgan fingerprint density at radius 1 is 1.03 bits per heavy atom. The van der Waals surface area contributed by atoms with Crippen LogP contribution in [-0.2, 0) is 25.7 Å². The van der Waals surface area contributed by atoms with Gasteiger partial charge in [-0.25, -0.2) is 8.42 Å². The van der Waals surface area contributed by atoms with Crippen molar-refractivity contribution in [2.75, 3.05) is 49.6 Å². The first-order valence-corrected chi connectivity index (χ1v) is 13.0. The molecule has 2 heterocycles. The molecule has 1 N–H and O–H groups in total. The van der Waals surface area contributed by atoms with Crippen molar-refractivity contribution in [3.63, 3.8) is 0 Å². The third-order valence-corrected chi connectivity index (χ3v) is 7.87. The molecule has 0 bridgehead atoms. The zero-order valence-corrected chi connectivity index (χ0v) is 20.7.